The number of carbonyl (C=O) groups excluding carboxylic acids is 3. The summed E-state index contributed by atoms with van der Waals surface area (Å²) < 4.78 is 12.9. The largest absolute Gasteiger partial charge is 0.322 e. The average Bonchev–Trinajstić information content (AvgIpc) is 2.95. The number of anilines is 2. The molecule has 2 aromatic rings. The second-order valence-corrected chi connectivity index (χ2v) is 6.68. The molecule has 1 fully saturated rings. The SMILES string of the molecule is O=C(Nc1ccc(F)cc1)c1ccc(N2C(=O)C3CC=CCC3C2=O)cc1. The van der Waals surface area contributed by atoms with Gasteiger partial charge in [0.1, 0.15) is 5.82 Å². The molecule has 1 N–H and O–H groups in total. The lowest BCUT2D eigenvalue weighted by Gasteiger charge is -2.15. The Morgan fingerprint density at radius 2 is 1.44 bits per heavy atom. The number of hydrogen-bond donors (Lipinski definition) is 1. The Kier molecular flexibility index (Phi) is 4.32. The van der Waals surface area contributed by atoms with Crippen LogP contribution >= 0.6 is 0 Å². The Labute approximate surface area is 155 Å². The molecule has 6 heteroatoms. The van der Waals surface area contributed by atoms with Crippen molar-refractivity contribution >= 4 is 29.1 Å². The van der Waals surface area contributed by atoms with Gasteiger partial charge in [0.2, 0.25) is 11.8 Å². The van der Waals surface area contributed by atoms with Crippen LogP contribution in [-0.2, 0) is 9.59 Å². The maximum atomic E-state index is 12.9. The van der Waals surface area contributed by atoms with Gasteiger partial charge in [-0.05, 0) is 61.4 Å². The van der Waals surface area contributed by atoms with Crippen molar-refractivity contribution in [3.05, 3.63) is 72.1 Å². The number of allylic oxidation sites excluding steroid dienone is 2. The lowest BCUT2D eigenvalue weighted by atomic mass is 9.85. The second kappa shape index (κ2) is 6.79. The number of fused-ring (bicyclic) bond motifs is 1. The van der Waals surface area contributed by atoms with Crippen LogP contribution in [0.2, 0.25) is 0 Å². The minimum absolute atomic E-state index is 0.183. The topological polar surface area (TPSA) is 66.5 Å². The highest BCUT2D eigenvalue weighted by Crippen LogP contribution is 2.37. The van der Waals surface area contributed by atoms with Gasteiger partial charge in [-0.3, -0.25) is 19.3 Å². The first-order valence-electron chi connectivity index (χ1n) is 8.74. The summed E-state index contributed by atoms with van der Waals surface area (Å²) in [5.41, 5.74) is 1.32. The van der Waals surface area contributed by atoms with Crippen molar-refractivity contribution in [2.24, 2.45) is 11.8 Å². The predicted octanol–water partition coefficient (Wildman–Crippen LogP) is 3.53. The summed E-state index contributed by atoms with van der Waals surface area (Å²) in [6, 6.07) is 11.8. The van der Waals surface area contributed by atoms with Crippen LogP contribution in [0.25, 0.3) is 0 Å². The van der Waals surface area contributed by atoms with Crippen LogP contribution in [0.3, 0.4) is 0 Å². The van der Waals surface area contributed by atoms with Gasteiger partial charge in [-0.1, -0.05) is 12.2 Å². The molecule has 0 saturated carbocycles. The van der Waals surface area contributed by atoms with Crippen molar-refractivity contribution in [3.63, 3.8) is 0 Å². The van der Waals surface area contributed by atoms with E-state index in [4.69, 9.17) is 0 Å². The van der Waals surface area contributed by atoms with Gasteiger partial charge in [0.05, 0.1) is 17.5 Å². The second-order valence-electron chi connectivity index (χ2n) is 6.68. The van der Waals surface area contributed by atoms with Crippen molar-refractivity contribution in [1.29, 1.82) is 0 Å². The number of hydrogen-bond acceptors (Lipinski definition) is 3. The van der Waals surface area contributed by atoms with Crippen molar-refractivity contribution < 1.29 is 18.8 Å². The standard InChI is InChI=1S/C21H17FN2O3/c22-14-7-9-15(10-8-14)23-19(25)13-5-11-16(12-6-13)24-20(26)17-3-1-2-4-18(17)21(24)27/h1-2,5-12,17-18H,3-4H2,(H,23,25). The molecule has 1 aliphatic carbocycles. The van der Waals surface area contributed by atoms with E-state index in [-0.39, 0.29) is 35.4 Å². The van der Waals surface area contributed by atoms with Gasteiger partial charge in [0.25, 0.3) is 5.91 Å². The minimum Gasteiger partial charge on any atom is -0.322 e. The molecule has 2 unspecified atom stereocenters. The van der Waals surface area contributed by atoms with E-state index < -0.39 is 0 Å². The molecule has 2 aliphatic rings. The summed E-state index contributed by atoms with van der Waals surface area (Å²) in [5, 5.41) is 2.67. The van der Waals surface area contributed by atoms with Crippen LogP contribution in [0, 0.1) is 17.7 Å². The summed E-state index contributed by atoms with van der Waals surface area (Å²) in [6.45, 7) is 0. The van der Waals surface area contributed by atoms with Crippen LogP contribution in [-0.4, -0.2) is 17.7 Å². The Bertz CT molecular complexity index is 909. The van der Waals surface area contributed by atoms with E-state index in [0.717, 1.165) is 0 Å². The van der Waals surface area contributed by atoms with Gasteiger partial charge in [-0.15, -0.1) is 0 Å². The molecule has 0 aromatic heterocycles. The zero-order chi connectivity index (χ0) is 19.0. The van der Waals surface area contributed by atoms with Gasteiger partial charge in [-0.2, -0.15) is 0 Å². The average molecular weight is 364 g/mol. The number of halogens is 1. The number of amides is 3. The number of nitrogens with one attached hydrogen (secondary N) is 1. The Balaban J connectivity index is 1.50. The molecule has 4 rings (SSSR count). The minimum atomic E-state index is -0.381. The van der Waals surface area contributed by atoms with Crippen LogP contribution in [0.1, 0.15) is 23.2 Å². The molecule has 136 valence electrons. The van der Waals surface area contributed by atoms with E-state index in [1.807, 2.05) is 12.2 Å². The smallest absolute Gasteiger partial charge is 0.255 e. The molecule has 0 bridgehead atoms. The van der Waals surface area contributed by atoms with Crippen LogP contribution in [0.5, 0.6) is 0 Å². The monoisotopic (exact) mass is 364 g/mol. The molecular formula is C21H17FN2O3. The summed E-state index contributed by atoms with van der Waals surface area (Å²) in [6.07, 6.45) is 5.06. The highest BCUT2D eigenvalue weighted by Gasteiger charge is 2.47. The van der Waals surface area contributed by atoms with Gasteiger partial charge >= 0.3 is 0 Å². The van der Waals surface area contributed by atoms with E-state index in [2.05, 4.69) is 5.32 Å². The van der Waals surface area contributed by atoms with Crippen molar-refractivity contribution in [3.8, 4) is 0 Å². The van der Waals surface area contributed by atoms with Gasteiger partial charge in [0, 0.05) is 11.3 Å². The van der Waals surface area contributed by atoms with Crippen LogP contribution in [0.15, 0.2) is 60.7 Å². The fraction of sp³-hybridized carbons (Fsp3) is 0.190. The van der Waals surface area contributed by atoms with E-state index in [9.17, 15) is 18.8 Å². The van der Waals surface area contributed by atoms with Gasteiger partial charge < -0.3 is 5.32 Å². The van der Waals surface area contributed by atoms with Crippen molar-refractivity contribution in [1.82, 2.24) is 0 Å². The zero-order valence-electron chi connectivity index (χ0n) is 14.4. The third-order valence-corrected chi connectivity index (χ3v) is 5.00. The number of carbonyl (C=O) groups is 3. The summed E-state index contributed by atoms with van der Waals surface area (Å²) in [7, 11) is 0. The highest BCUT2D eigenvalue weighted by molar-refractivity contribution is 6.22. The fourth-order valence-electron chi connectivity index (χ4n) is 3.55. The molecular weight excluding hydrogens is 347 g/mol. The zero-order valence-corrected chi connectivity index (χ0v) is 14.4. The Hall–Kier alpha value is -3.28. The van der Waals surface area contributed by atoms with E-state index >= 15 is 0 Å². The summed E-state index contributed by atoms with van der Waals surface area (Å²) in [5.74, 6) is -1.68. The summed E-state index contributed by atoms with van der Waals surface area (Å²) >= 11 is 0. The lowest BCUT2D eigenvalue weighted by molar-refractivity contribution is -0.122. The lowest BCUT2D eigenvalue weighted by Crippen LogP contribution is -2.30. The summed E-state index contributed by atoms with van der Waals surface area (Å²) in [4.78, 5) is 38.7. The number of nitrogens with zero attached hydrogens (tertiary/aromatic N) is 1. The number of benzene rings is 2. The molecule has 27 heavy (non-hydrogen) atoms. The van der Waals surface area contributed by atoms with Gasteiger partial charge in [-0.25, -0.2) is 4.39 Å². The van der Waals surface area contributed by atoms with Crippen LogP contribution < -0.4 is 10.2 Å². The Morgan fingerprint density at radius 1 is 0.889 bits per heavy atom. The normalized spacial score (nSPS) is 21.3. The quantitative estimate of drug-likeness (QED) is 0.669. The first kappa shape index (κ1) is 17.1. The van der Waals surface area contributed by atoms with E-state index in [1.54, 1.807) is 24.3 Å². The third kappa shape index (κ3) is 3.14. The Morgan fingerprint density at radius 3 is 2.00 bits per heavy atom. The first-order valence-corrected chi connectivity index (χ1v) is 8.74. The highest BCUT2D eigenvalue weighted by atomic mass is 19.1. The molecule has 1 aliphatic heterocycles. The predicted molar refractivity (Wildman–Crippen MR) is 98.6 cm³/mol. The molecule has 0 spiro atoms. The van der Waals surface area contributed by atoms with E-state index in [0.29, 0.717) is 29.8 Å². The molecule has 5 nitrogen and oxygen atoms in total. The molecule has 3 amide bonds. The van der Waals surface area contributed by atoms with Crippen molar-refractivity contribution in [2.75, 3.05) is 10.2 Å². The first-order chi connectivity index (χ1) is 13.0. The molecule has 2 aromatic carbocycles. The maximum absolute atomic E-state index is 12.9. The third-order valence-electron chi connectivity index (χ3n) is 5.00. The number of imide groups is 1. The molecule has 0 radical (unpaired) electrons. The van der Waals surface area contributed by atoms with Gasteiger partial charge in [0.15, 0.2) is 0 Å². The van der Waals surface area contributed by atoms with Crippen LogP contribution in [0.4, 0.5) is 15.8 Å². The number of rotatable bonds is 3. The van der Waals surface area contributed by atoms with Crippen molar-refractivity contribution in [2.45, 2.75) is 12.8 Å². The molecule has 2 atom stereocenters. The maximum Gasteiger partial charge on any atom is 0.255 e. The molecule has 1 heterocycles. The molecule has 1 saturated heterocycles. The van der Waals surface area contributed by atoms with E-state index in [1.165, 1.54) is 29.2 Å². The fourth-order valence-corrected chi connectivity index (χ4v) is 3.55.